The molecule has 16 heteroatoms. The maximum Gasteiger partial charge on any atom is 0.332 e. The van der Waals surface area contributed by atoms with E-state index in [9.17, 15) is 45.3 Å². The van der Waals surface area contributed by atoms with E-state index < -0.39 is 110 Å². The van der Waals surface area contributed by atoms with E-state index >= 15 is 0 Å². The Labute approximate surface area is 296 Å². The monoisotopic (exact) mass is 730 g/mol. The Morgan fingerprint density at radius 2 is 1.39 bits per heavy atom. The molecule has 0 bridgehead atoms. The topological polar surface area (TPSA) is 240 Å². The lowest BCUT2D eigenvalue weighted by atomic mass is 9.64. The molecule has 15 atom stereocenters. The molecule has 6 rings (SSSR count). The molecule has 3 heterocycles. The van der Waals surface area contributed by atoms with Crippen molar-refractivity contribution in [3.8, 4) is 0 Å². The third-order valence-electron chi connectivity index (χ3n) is 12.0. The van der Waals surface area contributed by atoms with E-state index in [0.29, 0.717) is 25.7 Å². The molecule has 3 saturated heterocycles. The van der Waals surface area contributed by atoms with E-state index in [1.165, 1.54) is 20.3 Å². The first-order valence-corrected chi connectivity index (χ1v) is 18.2. The number of esters is 1. The van der Waals surface area contributed by atoms with E-state index in [4.69, 9.17) is 33.2 Å². The van der Waals surface area contributed by atoms with Gasteiger partial charge in [-0.1, -0.05) is 6.08 Å². The molecule has 3 aliphatic carbocycles. The van der Waals surface area contributed by atoms with Crippen LogP contribution in [-0.2, 0) is 42.7 Å². The second-order valence-electron chi connectivity index (χ2n) is 15.2. The highest BCUT2D eigenvalue weighted by Gasteiger charge is 2.60. The molecule has 16 nitrogen and oxygen atoms in total. The van der Waals surface area contributed by atoms with E-state index in [2.05, 4.69) is 0 Å². The predicted octanol–water partition coefficient (Wildman–Crippen LogP) is -0.973. The third-order valence-corrected chi connectivity index (χ3v) is 12.0. The predicted molar refractivity (Wildman–Crippen MR) is 172 cm³/mol. The van der Waals surface area contributed by atoms with Crippen LogP contribution in [0, 0.1) is 23.7 Å². The standard InChI is InChI=1S/C35H54O16/c1-45-22-9-16(10-23(46-2)28(22)39)32-33(19-13-24(34(43)44)48-20-11-18(37)12-21(49-32)27(19)20)51-35-31(42)30(41)29(40)25(50-35)14-47-26(38)8-5-15-3-6-17(36)7-4-15/h5,8,15-25,27-33,35-37,39-42H,3-4,6-7,9-14H2,1-2H3,(H,43,44)/t15?,16?,17?,18?,19?,20?,21?,22?,23?,24?,25-,27?,28?,29-,30+,31-,32?,33?,35+/m1/s1. The molecule has 0 spiro atoms. The van der Waals surface area contributed by atoms with Crippen LogP contribution in [0.5, 0.6) is 0 Å². The van der Waals surface area contributed by atoms with Crippen LogP contribution in [0.1, 0.15) is 57.8 Å². The number of allylic oxidation sites excluding steroid dienone is 1. The minimum Gasteiger partial charge on any atom is -0.479 e. The number of rotatable bonds is 10. The highest BCUT2D eigenvalue weighted by molar-refractivity contribution is 5.81. The number of methoxy groups -OCH3 is 2. The molecule has 3 saturated carbocycles. The number of ether oxygens (including phenoxy) is 7. The fourth-order valence-electron chi connectivity index (χ4n) is 9.29. The van der Waals surface area contributed by atoms with Gasteiger partial charge in [0.05, 0.1) is 48.8 Å². The van der Waals surface area contributed by atoms with Gasteiger partial charge in [0.1, 0.15) is 37.1 Å². The first-order valence-electron chi connectivity index (χ1n) is 18.2. The van der Waals surface area contributed by atoms with Crippen LogP contribution in [-0.4, -0.2) is 160 Å². The molecule has 10 unspecified atom stereocenters. The van der Waals surface area contributed by atoms with E-state index in [1.807, 2.05) is 0 Å². The molecule has 0 aromatic carbocycles. The van der Waals surface area contributed by atoms with Gasteiger partial charge in [0.2, 0.25) is 0 Å². The van der Waals surface area contributed by atoms with Crippen LogP contribution in [0.4, 0.5) is 0 Å². The Morgan fingerprint density at radius 1 is 0.745 bits per heavy atom. The number of aliphatic hydroxyl groups is 6. The second-order valence-corrected chi connectivity index (χ2v) is 15.2. The number of hydrogen-bond acceptors (Lipinski definition) is 15. The largest absolute Gasteiger partial charge is 0.479 e. The third kappa shape index (κ3) is 8.47. The zero-order valence-electron chi connectivity index (χ0n) is 29.0. The number of aliphatic carboxylic acids is 1. The summed E-state index contributed by atoms with van der Waals surface area (Å²) in [6.45, 7) is -0.462. The number of carboxylic acid groups (broad SMARTS) is 1. The summed E-state index contributed by atoms with van der Waals surface area (Å²) in [6.07, 6.45) is -8.30. The van der Waals surface area contributed by atoms with E-state index in [1.54, 1.807) is 6.08 Å². The lowest BCUT2D eigenvalue weighted by Crippen LogP contribution is -2.67. The molecule has 51 heavy (non-hydrogen) atoms. The highest BCUT2D eigenvalue weighted by Crippen LogP contribution is 2.51. The van der Waals surface area contributed by atoms with E-state index in [0.717, 1.165) is 12.8 Å². The maximum atomic E-state index is 12.6. The van der Waals surface area contributed by atoms with Crippen molar-refractivity contribution >= 4 is 11.9 Å². The molecule has 6 fully saturated rings. The molecule has 6 aliphatic rings. The Bertz CT molecular complexity index is 1200. The smallest absolute Gasteiger partial charge is 0.332 e. The van der Waals surface area contributed by atoms with Gasteiger partial charge < -0.3 is 68.9 Å². The van der Waals surface area contributed by atoms with Crippen LogP contribution < -0.4 is 0 Å². The Kier molecular flexibility index (Phi) is 12.7. The normalized spacial score (nSPS) is 48.9. The summed E-state index contributed by atoms with van der Waals surface area (Å²) in [4.78, 5) is 24.9. The number of carboxylic acids is 1. The fourth-order valence-corrected chi connectivity index (χ4v) is 9.29. The van der Waals surface area contributed by atoms with E-state index in [-0.39, 0.29) is 43.1 Å². The first kappa shape index (κ1) is 38.9. The maximum absolute atomic E-state index is 12.6. The van der Waals surface area contributed by atoms with Crippen molar-refractivity contribution in [2.24, 2.45) is 23.7 Å². The minimum atomic E-state index is -1.74. The quantitative estimate of drug-likeness (QED) is 0.106. The van der Waals surface area contributed by atoms with Crippen molar-refractivity contribution in [3.05, 3.63) is 12.2 Å². The van der Waals surface area contributed by atoms with Gasteiger partial charge in [0.15, 0.2) is 12.4 Å². The van der Waals surface area contributed by atoms with Crippen LogP contribution in [0.25, 0.3) is 0 Å². The average Bonchev–Trinajstić information content (AvgIpc) is 3.11. The zero-order chi connectivity index (χ0) is 36.6. The SMILES string of the molecule is COC1CC(C2OC3CC(O)CC4OC(C(=O)O)CC(C2O[C@@H]2O[C@H](COC(=O)C=CC5CCC(O)CC5)[C@@H](O)[C@H](O)[C@H]2O)C43)CC(OC)C1O. The second kappa shape index (κ2) is 16.7. The van der Waals surface area contributed by atoms with Gasteiger partial charge in [-0.25, -0.2) is 9.59 Å². The Balaban J connectivity index is 1.23. The molecule has 0 radical (unpaired) electrons. The summed E-state index contributed by atoms with van der Waals surface area (Å²) >= 11 is 0. The molecule has 290 valence electrons. The van der Waals surface area contributed by atoms with Gasteiger partial charge in [-0.3, -0.25) is 0 Å². The van der Waals surface area contributed by atoms with Crippen molar-refractivity contribution in [1.29, 1.82) is 0 Å². The summed E-state index contributed by atoms with van der Waals surface area (Å²) in [6, 6.07) is 0. The molecule has 0 aromatic rings. The van der Waals surface area contributed by atoms with Gasteiger partial charge in [0, 0.05) is 32.6 Å². The number of carbonyl (C=O) groups is 2. The first-order chi connectivity index (χ1) is 24.4. The summed E-state index contributed by atoms with van der Waals surface area (Å²) in [5, 5.41) is 74.2. The molecule has 0 aromatic heterocycles. The van der Waals surface area contributed by atoms with Crippen molar-refractivity contribution in [2.45, 2.75) is 150 Å². The molecule has 0 amide bonds. The highest BCUT2D eigenvalue weighted by atomic mass is 16.7. The Hall–Kier alpha value is -1.80. The van der Waals surface area contributed by atoms with Crippen molar-refractivity contribution in [1.82, 2.24) is 0 Å². The van der Waals surface area contributed by atoms with Crippen molar-refractivity contribution < 1.29 is 78.5 Å². The average molecular weight is 731 g/mol. The van der Waals surface area contributed by atoms with Gasteiger partial charge in [-0.2, -0.15) is 0 Å². The number of carbonyl (C=O) groups excluding carboxylic acids is 1. The number of hydrogen-bond donors (Lipinski definition) is 7. The van der Waals surface area contributed by atoms with Gasteiger partial charge >= 0.3 is 11.9 Å². The van der Waals surface area contributed by atoms with Gasteiger partial charge in [-0.15, -0.1) is 0 Å². The zero-order valence-corrected chi connectivity index (χ0v) is 29.0. The summed E-state index contributed by atoms with van der Waals surface area (Å²) in [5.41, 5.74) is 0. The number of aliphatic hydroxyl groups excluding tert-OH is 6. The lowest BCUT2D eigenvalue weighted by molar-refractivity contribution is -0.351. The Morgan fingerprint density at radius 3 is 2.02 bits per heavy atom. The summed E-state index contributed by atoms with van der Waals surface area (Å²) < 4.78 is 41.8. The lowest BCUT2D eigenvalue weighted by Gasteiger charge is -2.58. The molecular formula is C35H54O16. The van der Waals surface area contributed by atoms with Crippen LogP contribution in [0.2, 0.25) is 0 Å². The van der Waals surface area contributed by atoms with Crippen LogP contribution in [0.3, 0.4) is 0 Å². The molecular weight excluding hydrogens is 676 g/mol. The molecule has 3 aliphatic heterocycles. The molecule has 7 N–H and O–H groups in total. The van der Waals surface area contributed by atoms with Gasteiger partial charge in [-0.05, 0) is 69.1 Å². The van der Waals surface area contributed by atoms with Crippen molar-refractivity contribution in [3.63, 3.8) is 0 Å². The van der Waals surface area contributed by atoms with Crippen LogP contribution >= 0.6 is 0 Å². The summed E-state index contributed by atoms with van der Waals surface area (Å²) in [5.74, 6) is -2.98. The van der Waals surface area contributed by atoms with Gasteiger partial charge in [0.25, 0.3) is 0 Å². The van der Waals surface area contributed by atoms with Crippen LogP contribution in [0.15, 0.2) is 12.2 Å². The minimum absolute atomic E-state index is 0.0334. The van der Waals surface area contributed by atoms with Crippen molar-refractivity contribution in [2.75, 3.05) is 20.8 Å². The summed E-state index contributed by atoms with van der Waals surface area (Å²) in [7, 11) is 2.96. The fraction of sp³-hybridized carbons (Fsp3) is 0.886.